The van der Waals surface area contributed by atoms with Crippen LogP contribution in [0.3, 0.4) is 0 Å². The van der Waals surface area contributed by atoms with Crippen LogP contribution < -0.4 is 5.73 Å². The Labute approximate surface area is 306 Å². The maximum absolute atomic E-state index is 6.50. The second-order valence-electron chi connectivity index (χ2n) is 14.2. The number of aryl methyl sites for hydroxylation is 1. The van der Waals surface area contributed by atoms with Crippen LogP contribution in [0.1, 0.15) is 182 Å². The van der Waals surface area contributed by atoms with Gasteiger partial charge in [-0.25, -0.2) is 19.1 Å². The normalized spacial score (nSPS) is 13.5. The number of unbranched alkanes of at least 4 members (excludes halogenated alkanes) is 6. The highest BCUT2D eigenvalue weighted by molar-refractivity contribution is 7.18. The van der Waals surface area contributed by atoms with Gasteiger partial charge in [0, 0.05) is 31.1 Å². The molecule has 0 aliphatic rings. The van der Waals surface area contributed by atoms with Crippen LogP contribution in [-0.2, 0) is 13.0 Å². The molecule has 0 aromatic carbocycles. The van der Waals surface area contributed by atoms with Crippen molar-refractivity contribution in [1.82, 2.24) is 14.5 Å². The molecule has 2 aromatic heterocycles. The Morgan fingerprint density at radius 1 is 0.878 bits per heavy atom. The molecule has 0 aliphatic heterocycles. The number of aromatic nitrogens is 3. The Hall–Kier alpha value is -2.28. The quantitative estimate of drug-likeness (QED) is 0.0438. The second kappa shape index (κ2) is 24.0. The van der Waals surface area contributed by atoms with Crippen molar-refractivity contribution in [2.75, 3.05) is 18.8 Å². The van der Waals surface area contributed by atoms with Crippen molar-refractivity contribution in [2.24, 2.45) is 11.8 Å². The minimum atomic E-state index is 0.448. The fraction of sp³-hybridized carbons (Fsp3) is 0.762. The van der Waals surface area contributed by atoms with Crippen molar-refractivity contribution in [3.05, 3.63) is 30.4 Å². The number of thiazole rings is 1. The van der Waals surface area contributed by atoms with Gasteiger partial charge in [-0.15, -0.1) is 6.58 Å². The summed E-state index contributed by atoms with van der Waals surface area (Å²) in [5.41, 5.74) is 12.0. The Kier molecular flexibility index (Phi) is 21.0. The van der Waals surface area contributed by atoms with E-state index in [4.69, 9.17) is 15.7 Å². The minimum absolute atomic E-state index is 0.448. The third kappa shape index (κ3) is 12.5. The summed E-state index contributed by atoms with van der Waals surface area (Å²) < 4.78 is 7.91. The number of nitrogens with two attached hydrogens (primary N) is 1. The van der Waals surface area contributed by atoms with E-state index in [1.165, 1.54) is 72.2 Å². The van der Waals surface area contributed by atoms with Gasteiger partial charge in [0.15, 0.2) is 18.0 Å². The molecule has 2 aromatic rings. The topological polar surface area (TPSA) is 62.7 Å². The van der Waals surface area contributed by atoms with E-state index in [2.05, 4.69) is 88.9 Å². The molecule has 2 rings (SSSR count). The largest absolute Gasteiger partial charge is 0.375 e. The summed E-state index contributed by atoms with van der Waals surface area (Å²) in [7, 11) is 0. The van der Waals surface area contributed by atoms with Gasteiger partial charge >= 0.3 is 5.82 Å². The molecule has 2 heterocycles. The molecular formula is C42H76N6S+2. The molecule has 2 atom stereocenters. The Morgan fingerprint density at radius 3 is 2.10 bits per heavy atom. The standard InChI is InChI=1S/C42H76N6S/c1-11-20-24-26-28-37-41(49-42(43)45-37)48(30-23-14-4)38(34(15-5)16-6)31-46-32-44-39(36(19-9)33(10)27-25-21-12-2)40(46)47(29-22-13-3)35(17-7)18-8/h11,32-34,36H,1,12-31H2,2-10H3,(H2,43,45)/q+2. The molecule has 0 saturated heterocycles. The van der Waals surface area contributed by atoms with E-state index in [9.17, 15) is 0 Å². The Balaban J connectivity index is 2.92. The van der Waals surface area contributed by atoms with Crippen LogP contribution in [0.5, 0.6) is 0 Å². The van der Waals surface area contributed by atoms with Gasteiger partial charge in [0.1, 0.15) is 17.9 Å². The summed E-state index contributed by atoms with van der Waals surface area (Å²) in [6, 6.07) is 0. The third-order valence-electron chi connectivity index (χ3n) is 10.6. The van der Waals surface area contributed by atoms with Gasteiger partial charge in [0.25, 0.3) is 5.00 Å². The van der Waals surface area contributed by atoms with Gasteiger partial charge in [-0.05, 0) is 68.6 Å². The van der Waals surface area contributed by atoms with Crippen LogP contribution in [0, 0.1) is 11.8 Å². The molecule has 0 amide bonds. The van der Waals surface area contributed by atoms with Crippen molar-refractivity contribution in [3.63, 3.8) is 0 Å². The molecule has 0 bridgehead atoms. The summed E-state index contributed by atoms with van der Waals surface area (Å²) >= 11 is 1.69. The van der Waals surface area contributed by atoms with Gasteiger partial charge in [-0.3, -0.25) is 0 Å². The van der Waals surface area contributed by atoms with Crippen LogP contribution in [0.2, 0.25) is 0 Å². The number of rotatable bonds is 27. The third-order valence-corrected chi connectivity index (χ3v) is 11.6. The van der Waals surface area contributed by atoms with Crippen molar-refractivity contribution in [2.45, 2.75) is 184 Å². The fourth-order valence-corrected chi connectivity index (χ4v) is 8.52. The predicted octanol–water partition coefficient (Wildman–Crippen LogP) is 12.3. The van der Waals surface area contributed by atoms with Crippen molar-refractivity contribution in [3.8, 4) is 0 Å². The number of anilines is 1. The zero-order valence-corrected chi connectivity index (χ0v) is 34.3. The lowest BCUT2D eigenvalue weighted by molar-refractivity contribution is -0.452. The zero-order valence-electron chi connectivity index (χ0n) is 33.5. The van der Waals surface area contributed by atoms with Crippen LogP contribution >= 0.6 is 11.3 Å². The summed E-state index contributed by atoms with van der Waals surface area (Å²) in [4.78, 5) is 10.3. The minimum Gasteiger partial charge on any atom is -0.375 e. The molecule has 7 heteroatoms. The molecule has 0 radical (unpaired) electrons. The molecule has 0 spiro atoms. The molecule has 2 unspecified atom stereocenters. The maximum Gasteiger partial charge on any atom is 0.305 e. The van der Waals surface area contributed by atoms with Crippen LogP contribution in [0.15, 0.2) is 19.0 Å². The van der Waals surface area contributed by atoms with Crippen LogP contribution in [0.25, 0.3) is 0 Å². The second-order valence-corrected chi connectivity index (χ2v) is 15.2. The number of hydrogen-bond donors (Lipinski definition) is 1. The first-order valence-electron chi connectivity index (χ1n) is 20.5. The maximum atomic E-state index is 6.50. The lowest BCUT2D eigenvalue weighted by atomic mass is 9.84. The first-order valence-corrected chi connectivity index (χ1v) is 21.3. The van der Waals surface area contributed by atoms with E-state index in [0.717, 1.165) is 90.3 Å². The van der Waals surface area contributed by atoms with E-state index in [0.29, 0.717) is 22.9 Å². The SMILES string of the molecule is C=CCCCCc1nc(N)sc1[N+](CCCC)=C(Cn1cnc(C(CC)C(C)CCCCC)c1[N+](CCCC)=C(CC)CC)C(CC)CC. The molecule has 278 valence electrons. The number of nitrogens with zero attached hydrogens (tertiary/aromatic N) is 5. The van der Waals surface area contributed by atoms with Crippen molar-refractivity contribution in [1.29, 1.82) is 0 Å². The Morgan fingerprint density at radius 2 is 1.53 bits per heavy atom. The average molecular weight is 697 g/mol. The molecule has 6 nitrogen and oxygen atoms in total. The molecule has 2 N–H and O–H groups in total. The fourth-order valence-electron chi connectivity index (χ4n) is 7.58. The van der Waals surface area contributed by atoms with E-state index < -0.39 is 0 Å². The highest BCUT2D eigenvalue weighted by Gasteiger charge is 2.36. The van der Waals surface area contributed by atoms with Gasteiger partial charge in [0.05, 0.1) is 12.3 Å². The van der Waals surface area contributed by atoms with Crippen molar-refractivity contribution >= 4 is 38.7 Å². The van der Waals surface area contributed by atoms with E-state index in [1.54, 1.807) is 11.3 Å². The van der Waals surface area contributed by atoms with Crippen LogP contribution in [-0.4, -0.2) is 48.2 Å². The molecule has 49 heavy (non-hydrogen) atoms. The summed E-state index contributed by atoms with van der Waals surface area (Å²) in [6.07, 6.45) is 23.7. The summed E-state index contributed by atoms with van der Waals surface area (Å²) in [6.45, 7) is 28.0. The lowest BCUT2D eigenvalue weighted by Crippen LogP contribution is -2.31. The molecule has 0 fully saturated rings. The zero-order chi connectivity index (χ0) is 36.2. The molecular weight excluding hydrogens is 621 g/mol. The predicted molar refractivity (Wildman–Crippen MR) is 217 cm³/mol. The smallest absolute Gasteiger partial charge is 0.305 e. The highest BCUT2D eigenvalue weighted by atomic mass is 32.1. The average Bonchev–Trinajstić information content (AvgIpc) is 3.68. The number of hydrogen-bond acceptors (Lipinski definition) is 4. The monoisotopic (exact) mass is 697 g/mol. The van der Waals surface area contributed by atoms with Gasteiger partial charge in [-0.1, -0.05) is 107 Å². The van der Waals surface area contributed by atoms with Gasteiger partial charge < -0.3 is 5.73 Å². The highest BCUT2D eigenvalue weighted by Crippen LogP contribution is 2.38. The van der Waals surface area contributed by atoms with E-state index >= 15 is 0 Å². The molecule has 0 saturated carbocycles. The lowest BCUT2D eigenvalue weighted by Gasteiger charge is -2.23. The first-order chi connectivity index (χ1) is 23.8. The van der Waals surface area contributed by atoms with Crippen molar-refractivity contribution < 1.29 is 9.15 Å². The number of imidazole rings is 1. The summed E-state index contributed by atoms with van der Waals surface area (Å²) in [5, 5.41) is 1.95. The van der Waals surface area contributed by atoms with E-state index in [-0.39, 0.29) is 0 Å². The van der Waals surface area contributed by atoms with Crippen LogP contribution in [0.4, 0.5) is 16.0 Å². The summed E-state index contributed by atoms with van der Waals surface area (Å²) in [5.74, 6) is 2.87. The number of nitrogen functional groups attached to an aromatic ring is 1. The van der Waals surface area contributed by atoms with E-state index in [1.807, 2.05) is 6.08 Å². The van der Waals surface area contributed by atoms with Gasteiger partial charge in [0.2, 0.25) is 5.71 Å². The van der Waals surface area contributed by atoms with Gasteiger partial charge in [-0.2, -0.15) is 4.58 Å². The number of allylic oxidation sites excluding steroid dienone is 1. The molecule has 0 aliphatic carbocycles. The Bertz CT molecular complexity index is 1270. The first kappa shape index (κ1) is 42.9.